The zero-order valence-corrected chi connectivity index (χ0v) is 11.8. The Balaban J connectivity index is 2.39. The Bertz CT molecular complexity index is 683. The predicted molar refractivity (Wildman–Crippen MR) is 65.4 cm³/mol. The highest BCUT2D eigenvalue weighted by atomic mass is 32.2. The van der Waals surface area contributed by atoms with Gasteiger partial charge in [-0.3, -0.25) is 4.79 Å². The van der Waals surface area contributed by atoms with Gasteiger partial charge in [0.25, 0.3) is 0 Å². The normalized spacial score (nSPS) is 23.4. The average Bonchev–Trinajstić information content (AvgIpc) is 2.80. The molecule has 1 fully saturated rings. The van der Waals surface area contributed by atoms with Gasteiger partial charge in [0.2, 0.25) is 10.0 Å². The van der Waals surface area contributed by atoms with E-state index < -0.39 is 43.8 Å². The zero-order chi connectivity index (χ0) is 16.0. The van der Waals surface area contributed by atoms with E-state index in [1.165, 1.54) is 6.92 Å². The summed E-state index contributed by atoms with van der Waals surface area (Å²) in [5, 5.41) is 9.06. The first kappa shape index (κ1) is 15.8. The molecule has 1 atom stereocenters. The first-order valence-electron chi connectivity index (χ1n) is 5.96. The number of nitrogens with zero attached hydrogens (tertiary/aromatic N) is 1. The second-order valence-electron chi connectivity index (χ2n) is 5.16. The van der Waals surface area contributed by atoms with Crippen LogP contribution in [0.25, 0.3) is 0 Å². The van der Waals surface area contributed by atoms with Crippen LogP contribution in [0.5, 0.6) is 0 Å². The summed E-state index contributed by atoms with van der Waals surface area (Å²) in [6.45, 7) is 0.980. The maximum atomic E-state index is 13.1. The van der Waals surface area contributed by atoms with Crippen molar-refractivity contribution in [1.29, 1.82) is 0 Å². The van der Waals surface area contributed by atoms with Crippen molar-refractivity contribution in [2.24, 2.45) is 5.41 Å². The molecule has 1 heterocycles. The van der Waals surface area contributed by atoms with Crippen molar-refractivity contribution in [1.82, 2.24) is 4.31 Å². The fraction of sp³-hybridized carbons (Fsp3) is 0.417. The van der Waals surface area contributed by atoms with Crippen LogP contribution in [0.1, 0.15) is 13.3 Å². The maximum Gasteiger partial charge on any atom is 0.310 e. The predicted octanol–water partition coefficient (Wildman–Crippen LogP) is 1.59. The van der Waals surface area contributed by atoms with Crippen LogP contribution in [0.15, 0.2) is 17.0 Å². The van der Waals surface area contributed by atoms with Crippen molar-refractivity contribution < 1.29 is 31.5 Å². The van der Waals surface area contributed by atoms with Gasteiger partial charge in [-0.1, -0.05) is 0 Å². The second-order valence-corrected chi connectivity index (χ2v) is 7.09. The first-order valence-corrected chi connectivity index (χ1v) is 7.40. The summed E-state index contributed by atoms with van der Waals surface area (Å²) in [5.41, 5.74) is -1.26. The van der Waals surface area contributed by atoms with Crippen molar-refractivity contribution in [2.45, 2.75) is 18.2 Å². The van der Waals surface area contributed by atoms with Crippen molar-refractivity contribution in [2.75, 3.05) is 13.1 Å². The monoisotopic (exact) mass is 323 g/mol. The van der Waals surface area contributed by atoms with E-state index in [1.807, 2.05) is 0 Å². The van der Waals surface area contributed by atoms with Crippen molar-refractivity contribution in [3.63, 3.8) is 0 Å². The molecule has 0 aliphatic carbocycles. The Morgan fingerprint density at radius 3 is 2.24 bits per heavy atom. The summed E-state index contributed by atoms with van der Waals surface area (Å²) in [6, 6.07) is 0.758. The largest absolute Gasteiger partial charge is 0.481 e. The van der Waals surface area contributed by atoms with Gasteiger partial charge in [-0.15, -0.1) is 0 Å². The van der Waals surface area contributed by atoms with Crippen LogP contribution in [0.4, 0.5) is 13.2 Å². The van der Waals surface area contributed by atoms with Gasteiger partial charge >= 0.3 is 5.97 Å². The van der Waals surface area contributed by atoms with Gasteiger partial charge < -0.3 is 5.11 Å². The number of sulfonamides is 1. The van der Waals surface area contributed by atoms with Gasteiger partial charge in [0.15, 0.2) is 17.5 Å². The molecule has 1 N–H and O–H groups in total. The number of hydrogen-bond donors (Lipinski definition) is 1. The average molecular weight is 323 g/mol. The summed E-state index contributed by atoms with van der Waals surface area (Å²) in [7, 11) is -4.28. The van der Waals surface area contributed by atoms with E-state index >= 15 is 0 Å². The molecule has 1 aliphatic heterocycles. The van der Waals surface area contributed by atoms with Crippen LogP contribution in [0.2, 0.25) is 0 Å². The summed E-state index contributed by atoms with van der Waals surface area (Å²) in [5.74, 6) is -6.15. The third-order valence-corrected chi connectivity index (χ3v) is 5.37. The molecule has 0 saturated carbocycles. The summed E-state index contributed by atoms with van der Waals surface area (Å²) in [4.78, 5) is 10.4. The molecule has 116 valence electrons. The van der Waals surface area contributed by atoms with Gasteiger partial charge in [0, 0.05) is 13.1 Å². The Morgan fingerprint density at radius 2 is 1.81 bits per heavy atom. The van der Waals surface area contributed by atoms with E-state index in [9.17, 15) is 26.4 Å². The maximum absolute atomic E-state index is 13.1. The van der Waals surface area contributed by atoms with Gasteiger partial charge in [-0.2, -0.15) is 4.31 Å². The smallest absolute Gasteiger partial charge is 0.310 e. The minimum Gasteiger partial charge on any atom is -0.481 e. The number of carboxylic acid groups (broad SMARTS) is 1. The van der Waals surface area contributed by atoms with Crippen LogP contribution in [0, 0.1) is 22.9 Å². The molecule has 9 heteroatoms. The molecular weight excluding hydrogens is 311 g/mol. The minimum atomic E-state index is -4.28. The number of benzene rings is 1. The second kappa shape index (κ2) is 4.99. The van der Waals surface area contributed by atoms with E-state index in [0.717, 1.165) is 4.31 Å². The Kier molecular flexibility index (Phi) is 3.75. The van der Waals surface area contributed by atoms with E-state index in [0.29, 0.717) is 12.1 Å². The van der Waals surface area contributed by atoms with Gasteiger partial charge in [0.05, 0.1) is 10.3 Å². The SMILES string of the molecule is CC1(C(=O)O)CCN(S(=O)(=O)c2cc(F)c(F)c(F)c2)C1. The number of carbonyl (C=O) groups is 1. The van der Waals surface area contributed by atoms with E-state index in [4.69, 9.17) is 5.11 Å². The fourth-order valence-electron chi connectivity index (χ4n) is 2.13. The molecule has 0 bridgehead atoms. The number of carboxylic acids is 1. The molecule has 0 spiro atoms. The lowest BCUT2D eigenvalue weighted by Crippen LogP contribution is -2.35. The molecule has 0 aromatic heterocycles. The Hall–Kier alpha value is -1.61. The lowest BCUT2D eigenvalue weighted by molar-refractivity contribution is -0.146. The molecule has 1 aliphatic rings. The molecule has 1 aromatic carbocycles. The lowest BCUT2D eigenvalue weighted by atomic mass is 9.90. The third kappa shape index (κ3) is 2.62. The zero-order valence-electron chi connectivity index (χ0n) is 10.9. The molecule has 1 saturated heterocycles. The fourth-order valence-corrected chi connectivity index (χ4v) is 3.72. The van der Waals surface area contributed by atoms with E-state index in [-0.39, 0.29) is 19.5 Å². The molecule has 0 radical (unpaired) electrons. The third-order valence-electron chi connectivity index (χ3n) is 3.55. The van der Waals surface area contributed by atoms with Crippen molar-refractivity contribution >= 4 is 16.0 Å². The summed E-state index contributed by atoms with van der Waals surface area (Å²) in [6.07, 6.45) is 0.0771. The van der Waals surface area contributed by atoms with E-state index in [2.05, 4.69) is 0 Å². The van der Waals surface area contributed by atoms with Crippen LogP contribution in [-0.4, -0.2) is 36.9 Å². The standard InChI is InChI=1S/C12H12F3NO4S/c1-12(11(17)18)2-3-16(6-12)21(19,20)7-4-8(13)10(15)9(14)5-7/h4-5H,2-3,6H2,1H3,(H,17,18). The van der Waals surface area contributed by atoms with E-state index in [1.54, 1.807) is 0 Å². The number of hydrogen-bond acceptors (Lipinski definition) is 3. The number of halogens is 3. The first-order chi connectivity index (χ1) is 9.58. The van der Waals surface area contributed by atoms with Crippen LogP contribution in [-0.2, 0) is 14.8 Å². The quantitative estimate of drug-likeness (QED) is 0.857. The molecule has 2 rings (SSSR count). The summed E-state index contributed by atoms with van der Waals surface area (Å²) >= 11 is 0. The van der Waals surface area contributed by atoms with Crippen molar-refractivity contribution in [3.05, 3.63) is 29.6 Å². The molecule has 1 aromatic rings. The molecule has 21 heavy (non-hydrogen) atoms. The molecule has 5 nitrogen and oxygen atoms in total. The number of aliphatic carboxylic acids is 1. The highest BCUT2D eigenvalue weighted by molar-refractivity contribution is 7.89. The van der Waals surface area contributed by atoms with Gasteiger partial charge in [-0.25, -0.2) is 21.6 Å². The van der Waals surface area contributed by atoms with Gasteiger partial charge in [-0.05, 0) is 25.5 Å². The molecule has 1 unspecified atom stereocenters. The Labute approximate surface area is 119 Å². The lowest BCUT2D eigenvalue weighted by Gasteiger charge is -2.20. The van der Waals surface area contributed by atoms with Gasteiger partial charge in [0.1, 0.15) is 0 Å². The van der Waals surface area contributed by atoms with Crippen LogP contribution < -0.4 is 0 Å². The molecule has 0 amide bonds. The number of rotatable bonds is 3. The highest BCUT2D eigenvalue weighted by Gasteiger charge is 2.45. The highest BCUT2D eigenvalue weighted by Crippen LogP contribution is 2.34. The summed E-state index contributed by atoms with van der Waals surface area (Å²) < 4.78 is 64.5. The van der Waals surface area contributed by atoms with Crippen LogP contribution in [0.3, 0.4) is 0 Å². The van der Waals surface area contributed by atoms with Crippen LogP contribution >= 0.6 is 0 Å². The topological polar surface area (TPSA) is 74.7 Å². The van der Waals surface area contributed by atoms with Crippen molar-refractivity contribution in [3.8, 4) is 0 Å². The minimum absolute atomic E-state index is 0.0771. The Morgan fingerprint density at radius 1 is 1.29 bits per heavy atom. The molecular formula is C12H12F3NO4S.